The molecule has 0 radical (unpaired) electrons. The van der Waals surface area contributed by atoms with Crippen LogP contribution in [0.1, 0.15) is 45.6 Å². The van der Waals surface area contributed by atoms with Crippen molar-refractivity contribution in [3.05, 3.63) is 53.6 Å². The van der Waals surface area contributed by atoms with Gasteiger partial charge in [0.1, 0.15) is 5.75 Å². The van der Waals surface area contributed by atoms with E-state index in [1.54, 1.807) is 0 Å². The molecule has 2 rings (SSSR count). The molecule has 0 aliphatic heterocycles. The normalized spacial score (nSPS) is 13.8. The molecule has 1 aromatic rings. The summed E-state index contributed by atoms with van der Waals surface area (Å²) in [5.41, 5.74) is 2.47. The third-order valence-electron chi connectivity index (χ3n) is 3.68. The molecule has 1 nitrogen and oxygen atoms in total. The maximum atomic E-state index is 5.96. The van der Waals surface area contributed by atoms with Gasteiger partial charge >= 0.3 is 0 Å². The van der Waals surface area contributed by atoms with E-state index in [9.17, 15) is 0 Å². The van der Waals surface area contributed by atoms with E-state index in [0.29, 0.717) is 0 Å². The van der Waals surface area contributed by atoms with E-state index in [-0.39, 0.29) is 27.1 Å². The Morgan fingerprint density at radius 3 is 2.65 bits per heavy atom. The summed E-state index contributed by atoms with van der Waals surface area (Å²) in [6.07, 6.45) is 11.0. The van der Waals surface area contributed by atoms with Crippen LogP contribution in [0.15, 0.2) is 42.0 Å². The van der Waals surface area contributed by atoms with Crippen LogP contribution in [0.3, 0.4) is 0 Å². The molecule has 0 atom stereocenters. The van der Waals surface area contributed by atoms with Crippen molar-refractivity contribution in [3.8, 4) is 5.75 Å². The minimum Gasteiger partial charge on any atom is -0.493 e. The number of unbranched alkanes of at least 4 members (excludes halogenated alkanes) is 1. The van der Waals surface area contributed by atoms with Crippen LogP contribution in [0, 0.1) is 6.08 Å². The van der Waals surface area contributed by atoms with Gasteiger partial charge in [0.2, 0.25) is 0 Å². The molecule has 0 spiro atoms. The predicted molar refractivity (Wildman–Crippen MR) is 80.4 cm³/mol. The van der Waals surface area contributed by atoms with Crippen molar-refractivity contribution < 1.29 is 26.5 Å². The van der Waals surface area contributed by atoms with Crippen LogP contribution in [-0.4, -0.2) is 6.61 Å². The van der Waals surface area contributed by atoms with Gasteiger partial charge < -0.3 is 4.74 Å². The maximum Gasteiger partial charge on any atom is 0.123 e. The Morgan fingerprint density at radius 2 is 2.00 bits per heavy atom. The second-order valence-electron chi connectivity index (χ2n) is 5.52. The molecule has 0 bridgehead atoms. The van der Waals surface area contributed by atoms with Gasteiger partial charge in [0.25, 0.3) is 0 Å². The number of ether oxygens (including phenoxy) is 1. The molecule has 1 aromatic carbocycles. The van der Waals surface area contributed by atoms with Gasteiger partial charge in [0.05, 0.1) is 6.61 Å². The van der Waals surface area contributed by atoms with E-state index in [4.69, 9.17) is 4.74 Å². The van der Waals surface area contributed by atoms with Gasteiger partial charge in [0.15, 0.2) is 0 Å². The van der Waals surface area contributed by atoms with Crippen molar-refractivity contribution in [2.45, 2.75) is 45.4 Å². The first kappa shape index (κ1) is 17.3. The zero-order valence-electron chi connectivity index (χ0n) is 12.7. The van der Waals surface area contributed by atoms with Crippen LogP contribution in [0.2, 0.25) is 0 Å². The van der Waals surface area contributed by atoms with Crippen molar-refractivity contribution in [2.75, 3.05) is 6.61 Å². The number of hydrogen-bond donors (Lipinski definition) is 0. The van der Waals surface area contributed by atoms with E-state index in [1.165, 1.54) is 11.1 Å². The maximum absolute atomic E-state index is 5.96. The van der Waals surface area contributed by atoms with E-state index in [2.05, 4.69) is 57.2 Å². The number of rotatable bonds is 6. The first-order valence-corrected chi connectivity index (χ1v) is 7.16. The number of allylic oxidation sites excluding steroid dienone is 4. The molecule has 1 aliphatic carbocycles. The molecular formula is C18H23OTi-. The fourth-order valence-corrected chi connectivity index (χ4v) is 2.41. The Labute approximate surface area is 138 Å². The molecule has 20 heavy (non-hydrogen) atoms. The first-order chi connectivity index (χ1) is 9.16. The molecule has 0 saturated heterocycles. The van der Waals surface area contributed by atoms with Gasteiger partial charge in [-0.3, -0.25) is 6.08 Å². The van der Waals surface area contributed by atoms with Gasteiger partial charge in [-0.1, -0.05) is 45.4 Å². The van der Waals surface area contributed by atoms with Crippen molar-refractivity contribution in [2.24, 2.45) is 0 Å². The van der Waals surface area contributed by atoms with Crippen LogP contribution in [0.4, 0.5) is 0 Å². The Bertz CT molecular complexity index is 486. The van der Waals surface area contributed by atoms with E-state index in [0.717, 1.165) is 31.6 Å². The topological polar surface area (TPSA) is 9.23 Å². The molecular weight excluding hydrogens is 280 g/mol. The van der Waals surface area contributed by atoms with Crippen molar-refractivity contribution in [1.29, 1.82) is 0 Å². The SMILES string of the molecule is CCCCOc1ccccc1C(C)(C)C1=[C-]CC=C1.[Ti]. The van der Waals surface area contributed by atoms with Crippen LogP contribution in [0.25, 0.3) is 0 Å². The molecule has 106 valence electrons. The molecule has 2 heteroatoms. The Hall–Kier alpha value is -0.786. The van der Waals surface area contributed by atoms with Crippen molar-refractivity contribution >= 4 is 0 Å². The second-order valence-corrected chi connectivity index (χ2v) is 5.52. The van der Waals surface area contributed by atoms with Crippen LogP contribution < -0.4 is 4.74 Å². The summed E-state index contributed by atoms with van der Waals surface area (Å²) in [6.45, 7) is 7.46. The summed E-state index contributed by atoms with van der Waals surface area (Å²) >= 11 is 0. The monoisotopic (exact) mass is 303 g/mol. The Morgan fingerprint density at radius 1 is 1.25 bits per heavy atom. The number of hydrogen-bond acceptors (Lipinski definition) is 1. The fraction of sp³-hybridized carbons (Fsp3) is 0.444. The standard InChI is InChI=1S/C18H23O.Ti/c1-4-5-14-19-17-13-9-8-12-16(17)18(2,3)15-10-6-7-11-15;/h6,8-10,12-13H,4-5,7,14H2,1-3H3;/q-1;. The van der Waals surface area contributed by atoms with Gasteiger partial charge in [-0.15, -0.1) is 6.42 Å². The third-order valence-corrected chi connectivity index (χ3v) is 3.68. The van der Waals surface area contributed by atoms with E-state index < -0.39 is 0 Å². The minimum absolute atomic E-state index is 0. The fourth-order valence-electron chi connectivity index (χ4n) is 2.41. The Kier molecular flexibility index (Phi) is 6.78. The quantitative estimate of drug-likeness (QED) is 0.415. The molecule has 0 amide bonds. The summed E-state index contributed by atoms with van der Waals surface area (Å²) < 4.78 is 5.96. The summed E-state index contributed by atoms with van der Waals surface area (Å²) in [7, 11) is 0. The smallest absolute Gasteiger partial charge is 0.123 e. The summed E-state index contributed by atoms with van der Waals surface area (Å²) in [5.74, 6) is 1.01. The first-order valence-electron chi connectivity index (χ1n) is 7.16. The second kappa shape index (κ2) is 7.85. The molecule has 0 N–H and O–H groups in total. The van der Waals surface area contributed by atoms with Gasteiger partial charge in [-0.2, -0.15) is 6.08 Å². The molecule has 1 aliphatic rings. The van der Waals surface area contributed by atoms with Gasteiger partial charge in [0, 0.05) is 27.3 Å². The van der Waals surface area contributed by atoms with Crippen molar-refractivity contribution in [1.82, 2.24) is 0 Å². The zero-order valence-corrected chi connectivity index (χ0v) is 14.3. The molecule has 0 fully saturated rings. The van der Waals surface area contributed by atoms with E-state index in [1.807, 2.05) is 6.07 Å². The average Bonchev–Trinajstić information content (AvgIpc) is 2.94. The van der Waals surface area contributed by atoms with E-state index >= 15 is 0 Å². The number of para-hydroxylation sites is 1. The molecule has 0 aromatic heterocycles. The molecule has 0 heterocycles. The summed E-state index contributed by atoms with van der Waals surface area (Å²) in [6, 6.07) is 8.38. The largest absolute Gasteiger partial charge is 0.493 e. The molecule has 0 unspecified atom stereocenters. The van der Waals surface area contributed by atoms with Gasteiger partial charge in [-0.05, 0) is 17.9 Å². The predicted octanol–water partition coefficient (Wildman–Crippen LogP) is 4.83. The number of benzene rings is 1. The third kappa shape index (κ3) is 3.87. The summed E-state index contributed by atoms with van der Waals surface area (Å²) in [5, 5.41) is 0. The van der Waals surface area contributed by atoms with Gasteiger partial charge in [-0.25, -0.2) is 11.6 Å². The van der Waals surface area contributed by atoms with Crippen LogP contribution in [0.5, 0.6) is 5.75 Å². The van der Waals surface area contributed by atoms with Crippen molar-refractivity contribution in [3.63, 3.8) is 0 Å². The van der Waals surface area contributed by atoms with Crippen LogP contribution >= 0.6 is 0 Å². The Balaban J connectivity index is 0.00000200. The molecule has 0 saturated carbocycles. The van der Waals surface area contributed by atoms with Crippen LogP contribution in [-0.2, 0) is 27.1 Å². The zero-order chi connectivity index (χ0) is 13.7. The summed E-state index contributed by atoms with van der Waals surface area (Å²) in [4.78, 5) is 0. The minimum atomic E-state index is -0.0458. The average molecular weight is 303 g/mol.